The first kappa shape index (κ1) is 9.74. The van der Waals surface area contributed by atoms with Crippen molar-refractivity contribution < 1.29 is 9.52 Å². The molecule has 0 spiro atoms. The highest BCUT2D eigenvalue weighted by Crippen LogP contribution is 2.16. The molecule has 0 aliphatic carbocycles. The third kappa shape index (κ3) is 2.16. The van der Waals surface area contributed by atoms with Gasteiger partial charge in [0.2, 0.25) is 0 Å². The molecule has 2 rings (SSSR count). The Kier molecular flexibility index (Phi) is 2.89. The van der Waals surface area contributed by atoms with Crippen molar-refractivity contribution >= 4 is 0 Å². The first-order valence-electron chi connectivity index (χ1n) is 5.19. The lowest BCUT2D eigenvalue weighted by atomic mass is 10.1. The number of hydrogen-bond donors (Lipinski definition) is 1. The van der Waals surface area contributed by atoms with E-state index in [0.717, 1.165) is 38.2 Å². The Morgan fingerprint density at radius 1 is 1.50 bits per heavy atom. The van der Waals surface area contributed by atoms with Crippen LogP contribution in [0.25, 0.3) is 0 Å². The third-order valence-corrected chi connectivity index (χ3v) is 2.89. The van der Waals surface area contributed by atoms with Crippen molar-refractivity contribution in [3.63, 3.8) is 0 Å². The molecule has 0 amide bonds. The highest BCUT2D eigenvalue weighted by molar-refractivity contribution is 5.14. The third-order valence-electron chi connectivity index (χ3n) is 2.89. The van der Waals surface area contributed by atoms with Crippen LogP contribution in [0.1, 0.15) is 24.2 Å². The molecular weight excluding hydrogens is 178 g/mol. The van der Waals surface area contributed by atoms with Crippen molar-refractivity contribution in [3.8, 4) is 0 Å². The number of hydrogen-bond acceptors (Lipinski definition) is 3. The van der Waals surface area contributed by atoms with E-state index >= 15 is 0 Å². The first-order valence-corrected chi connectivity index (χ1v) is 5.19. The molecule has 14 heavy (non-hydrogen) atoms. The van der Waals surface area contributed by atoms with E-state index in [9.17, 15) is 5.11 Å². The van der Waals surface area contributed by atoms with Crippen molar-refractivity contribution in [2.75, 3.05) is 13.1 Å². The molecule has 0 saturated carbocycles. The van der Waals surface area contributed by atoms with Crippen molar-refractivity contribution in [2.45, 2.75) is 32.4 Å². The van der Waals surface area contributed by atoms with Gasteiger partial charge in [-0.15, -0.1) is 0 Å². The quantitative estimate of drug-likeness (QED) is 0.777. The lowest BCUT2D eigenvalue weighted by Crippen LogP contribution is -2.35. The monoisotopic (exact) mass is 195 g/mol. The molecule has 78 valence electrons. The van der Waals surface area contributed by atoms with Crippen molar-refractivity contribution in [3.05, 3.63) is 23.7 Å². The summed E-state index contributed by atoms with van der Waals surface area (Å²) in [6.45, 7) is 4.89. The Bertz CT molecular complexity index is 287. The van der Waals surface area contributed by atoms with Gasteiger partial charge in [-0.1, -0.05) is 0 Å². The second-order valence-corrected chi connectivity index (χ2v) is 4.03. The second-order valence-electron chi connectivity index (χ2n) is 4.03. The van der Waals surface area contributed by atoms with E-state index in [1.165, 1.54) is 5.56 Å². The molecule has 0 bridgehead atoms. The molecule has 1 aliphatic rings. The SMILES string of the molecule is Cc1ccoc1CN1CCC(O)CC1. The number of nitrogens with zero attached hydrogens (tertiary/aromatic N) is 1. The highest BCUT2D eigenvalue weighted by Gasteiger charge is 2.18. The van der Waals surface area contributed by atoms with Crippen LogP contribution in [-0.4, -0.2) is 29.2 Å². The zero-order chi connectivity index (χ0) is 9.97. The van der Waals surface area contributed by atoms with E-state index in [2.05, 4.69) is 11.8 Å². The Morgan fingerprint density at radius 3 is 2.79 bits per heavy atom. The first-order chi connectivity index (χ1) is 6.75. The maximum atomic E-state index is 9.36. The summed E-state index contributed by atoms with van der Waals surface area (Å²) in [7, 11) is 0. The largest absolute Gasteiger partial charge is 0.468 e. The van der Waals surface area contributed by atoms with Gasteiger partial charge in [-0.25, -0.2) is 0 Å². The van der Waals surface area contributed by atoms with E-state index in [0.29, 0.717) is 0 Å². The lowest BCUT2D eigenvalue weighted by molar-refractivity contribution is 0.0759. The summed E-state index contributed by atoms with van der Waals surface area (Å²) in [5.74, 6) is 1.06. The van der Waals surface area contributed by atoms with E-state index < -0.39 is 0 Å². The summed E-state index contributed by atoms with van der Waals surface area (Å²) in [6.07, 6.45) is 3.42. The van der Waals surface area contributed by atoms with Gasteiger partial charge in [0, 0.05) is 13.1 Å². The molecule has 1 aromatic rings. The van der Waals surface area contributed by atoms with Crippen LogP contribution < -0.4 is 0 Å². The summed E-state index contributed by atoms with van der Waals surface area (Å²) in [6, 6.07) is 1.99. The van der Waals surface area contributed by atoms with Gasteiger partial charge in [0.1, 0.15) is 5.76 Å². The molecule has 0 unspecified atom stereocenters. The molecule has 0 aromatic carbocycles. The van der Waals surface area contributed by atoms with Crippen LogP contribution in [-0.2, 0) is 6.54 Å². The van der Waals surface area contributed by atoms with Crippen molar-refractivity contribution in [1.82, 2.24) is 4.90 Å². The number of piperidine rings is 1. The number of likely N-dealkylation sites (tertiary alicyclic amines) is 1. The van der Waals surface area contributed by atoms with Crippen LogP contribution in [0.4, 0.5) is 0 Å². The van der Waals surface area contributed by atoms with Crippen LogP contribution in [0.15, 0.2) is 16.7 Å². The molecule has 1 aliphatic heterocycles. The zero-order valence-corrected chi connectivity index (χ0v) is 8.57. The van der Waals surface area contributed by atoms with Gasteiger partial charge >= 0.3 is 0 Å². The van der Waals surface area contributed by atoms with Gasteiger partial charge in [-0.3, -0.25) is 4.90 Å². The van der Waals surface area contributed by atoms with Crippen molar-refractivity contribution in [2.24, 2.45) is 0 Å². The van der Waals surface area contributed by atoms with Gasteiger partial charge in [-0.2, -0.15) is 0 Å². The predicted molar refractivity (Wildman–Crippen MR) is 54.0 cm³/mol. The normalized spacial score (nSPS) is 20.1. The minimum absolute atomic E-state index is 0.0936. The van der Waals surface area contributed by atoms with Gasteiger partial charge in [0.05, 0.1) is 18.9 Å². The maximum Gasteiger partial charge on any atom is 0.120 e. The zero-order valence-electron chi connectivity index (χ0n) is 8.57. The molecule has 0 radical (unpaired) electrons. The maximum absolute atomic E-state index is 9.36. The topological polar surface area (TPSA) is 36.6 Å². The van der Waals surface area contributed by atoms with Crippen LogP contribution in [0.5, 0.6) is 0 Å². The minimum atomic E-state index is -0.0936. The standard InChI is InChI=1S/C11H17NO2/c1-9-4-7-14-11(9)8-12-5-2-10(13)3-6-12/h4,7,10,13H,2-3,5-6,8H2,1H3. The average Bonchev–Trinajstić information content (AvgIpc) is 2.56. The Hall–Kier alpha value is -0.800. The van der Waals surface area contributed by atoms with Crippen LogP contribution in [0, 0.1) is 6.92 Å². The Balaban J connectivity index is 1.89. The smallest absolute Gasteiger partial charge is 0.120 e. The van der Waals surface area contributed by atoms with Gasteiger partial charge in [0.15, 0.2) is 0 Å². The molecule has 0 atom stereocenters. The van der Waals surface area contributed by atoms with Gasteiger partial charge < -0.3 is 9.52 Å². The average molecular weight is 195 g/mol. The van der Waals surface area contributed by atoms with E-state index in [1.807, 2.05) is 6.07 Å². The lowest BCUT2D eigenvalue weighted by Gasteiger charge is -2.28. The van der Waals surface area contributed by atoms with Crippen LogP contribution in [0.3, 0.4) is 0 Å². The predicted octanol–water partition coefficient (Wildman–Crippen LogP) is 1.54. The fourth-order valence-corrected chi connectivity index (χ4v) is 1.85. The fourth-order valence-electron chi connectivity index (χ4n) is 1.85. The highest BCUT2D eigenvalue weighted by atomic mass is 16.3. The Morgan fingerprint density at radius 2 is 2.21 bits per heavy atom. The summed E-state index contributed by atoms with van der Waals surface area (Å²) < 4.78 is 5.39. The van der Waals surface area contributed by atoms with Crippen LogP contribution in [0.2, 0.25) is 0 Å². The summed E-state index contributed by atoms with van der Waals surface area (Å²) in [5.41, 5.74) is 1.22. The number of aliphatic hydroxyl groups is 1. The molecule has 1 saturated heterocycles. The number of aliphatic hydroxyl groups excluding tert-OH is 1. The summed E-state index contributed by atoms with van der Waals surface area (Å²) >= 11 is 0. The fraction of sp³-hybridized carbons (Fsp3) is 0.636. The number of furan rings is 1. The second kappa shape index (κ2) is 4.15. The molecule has 2 heterocycles. The molecular formula is C11H17NO2. The molecule has 3 nitrogen and oxygen atoms in total. The van der Waals surface area contributed by atoms with E-state index in [4.69, 9.17) is 4.42 Å². The summed E-state index contributed by atoms with van der Waals surface area (Å²) in [4.78, 5) is 2.33. The van der Waals surface area contributed by atoms with Crippen LogP contribution >= 0.6 is 0 Å². The van der Waals surface area contributed by atoms with Gasteiger partial charge in [-0.05, 0) is 31.4 Å². The van der Waals surface area contributed by atoms with Gasteiger partial charge in [0.25, 0.3) is 0 Å². The molecule has 3 heteroatoms. The van der Waals surface area contributed by atoms with E-state index in [-0.39, 0.29) is 6.10 Å². The minimum Gasteiger partial charge on any atom is -0.468 e. The Labute approximate surface area is 84.3 Å². The number of aryl methyl sites for hydroxylation is 1. The van der Waals surface area contributed by atoms with E-state index in [1.54, 1.807) is 6.26 Å². The molecule has 1 fully saturated rings. The summed E-state index contributed by atoms with van der Waals surface area (Å²) in [5, 5.41) is 9.36. The molecule has 1 aromatic heterocycles. The number of rotatable bonds is 2. The molecule has 1 N–H and O–H groups in total. The van der Waals surface area contributed by atoms with Crippen molar-refractivity contribution in [1.29, 1.82) is 0 Å².